The maximum atomic E-state index is 11.5. The Morgan fingerprint density at radius 3 is 2.20 bits per heavy atom. The summed E-state index contributed by atoms with van der Waals surface area (Å²) in [6.45, 7) is 3.68. The van der Waals surface area contributed by atoms with Gasteiger partial charge >= 0.3 is 5.97 Å². The maximum absolute atomic E-state index is 11.5. The quantitative estimate of drug-likeness (QED) is 0.514. The molecule has 2 heteroatoms. The van der Waals surface area contributed by atoms with Crippen LogP contribution < -0.4 is 0 Å². The fraction of sp³-hybridized carbons (Fsp3) is 0.769. The van der Waals surface area contributed by atoms with Crippen LogP contribution in [0.3, 0.4) is 0 Å². The average molecular weight is 210 g/mol. The van der Waals surface area contributed by atoms with Crippen LogP contribution in [0.15, 0.2) is 11.6 Å². The van der Waals surface area contributed by atoms with Crippen molar-refractivity contribution >= 4 is 5.97 Å². The van der Waals surface area contributed by atoms with Gasteiger partial charge in [-0.2, -0.15) is 0 Å². The van der Waals surface area contributed by atoms with E-state index in [-0.39, 0.29) is 12.1 Å². The topological polar surface area (TPSA) is 26.3 Å². The van der Waals surface area contributed by atoms with E-state index in [1.165, 1.54) is 32.1 Å². The summed E-state index contributed by atoms with van der Waals surface area (Å²) in [5.41, 5.74) is 0.719. The Kier molecular flexibility index (Phi) is 5.44. The van der Waals surface area contributed by atoms with Crippen LogP contribution in [0.2, 0.25) is 0 Å². The van der Waals surface area contributed by atoms with E-state index in [0.29, 0.717) is 0 Å². The summed E-state index contributed by atoms with van der Waals surface area (Å²) < 4.78 is 5.47. The lowest BCUT2D eigenvalue weighted by molar-refractivity contribution is -0.145. The van der Waals surface area contributed by atoms with Crippen LogP contribution in [-0.4, -0.2) is 12.1 Å². The zero-order valence-corrected chi connectivity index (χ0v) is 9.92. The van der Waals surface area contributed by atoms with E-state index in [1.54, 1.807) is 0 Å². The van der Waals surface area contributed by atoms with Crippen molar-refractivity contribution in [1.82, 2.24) is 0 Å². The summed E-state index contributed by atoms with van der Waals surface area (Å²) in [6, 6.07) is 0. The normalized spacial score (nSPS) is 20.5. The second kappa shape index (κ2) is 6.65. The van der Waals surface area contributed by atoms with Crippen LogP contribution >= 0.6 is 0 Å². The van der Waals surface area contributed by atoms with Crippen molar-refractivity contribution in [2.45, 2.75) is 64.9 Å². The van der Waals surface area contributed by atoms with Gasteiger partial charge in [-0.15, -0.1) is 0 Å². The minimum absolute atomic E-state index is 0.136. The van der Waals surface area contributed by atoms with Crippen molar-refractivity contribution in [3.8, 4) is 0 Å². The molecule has 1 aliphatic rings. The number of carbonyl (C=O) groups is 1. The second-order valence-corrected chi connectivity index (χ2v) is 4.34. The lowest BCUT2D eigenvalue weighted by Crippen LogP contribution is -2.19. The Morgan fingerprint density at radius 2 is 1.67 bits per heavy atom. The summed E-state index contributed by atoms with van der Waals surface area (Å²) in [5, 5.41) is 0. The van der Waals surface area contributed by atoms with E-state index in [1.807, 2.05) is 19.9 Å². The molecular formula is C13H22O2. The summed E-state index contributed by atoms with van der Waals surface area (Å²) in [7, 11) is 0. The van der Waals surface area contributed by atoms with Crippen LogP contribution in [-0.2, 0) is 9.53 Å². The van der Waals surface area contributed by atoms with E-state index in [0.717, 1.165) is 18.4 Å². The van der Waals surface area contributed by atoms with E-state index in [9.17, 15) is 4.79 Å². The number of allylic oxidation sites excluding steroid dienone is 1. The Morgan fingerprint density at radius 1 is 1.13 bits per heavy atom. The molecule has 2 nitrogen and oxygen atoms in total. The predicted molar refractivity (Wildman–Crippen MR) is 61.6 cm³/mol. The average Bonchev–Trinajstić information content (AvgIpc) is 2.20. The van der Waals surface area contributed by atoms with Gasteiger partial charge in [-0.05, 0) is 39.5 Å². The molecule has 0 saturated heterocycles. The SMILES string of the molecule is C/C=C(\C)C(=O)OC1CCCCCCC1. The molecule has 0 radical (unpaired) electrons. The monoisotopic (exact) mass is 210 g/mol. The van der Waals surface area contributed by atoms with E-state index in [4.69, 9.17) is 4.74 Å². The van der Waals surface area contributed by atoms with Gasteiger partial charge in [0.15, 0.2) is 0 Å². The summed E-state index contributed by atoms with van der Waals surface area (Å²) in [4.78, 5) is 11.5. The van der Waals surface area contributed by atoms with E-state index in [2.05, 4.69) is 0 Å². The lowest BCUT2D eigenvalue weighted by Gasteiger charge is -2.20. The fourth-order valence-corrected chi connectivity index (χ4v) is 1.90. The zero-order valence-electron chi connectivity index (χ0n) is 9.92. The Balaban J connectivity index is 2.38. The van der Waals surface area contributed by atoms with Gasteiger partial charge in [-0.1, -0.05) is 25.3 Å². The van der Waals surface area contributed by atoms with Crippen LogP contribution in [0, 0.1) is 0 Å². The second-order valence-electron chi connectivity index (χ2n) is 4.34. The van der Waals surface area contributed by atoms with Crippen molar-refractivity contribution in [1.29, 1.82) is 0 Å². The molecule has 0 aliphatic heterocycles. The van der Waals surface area contributed by atoms with Gasteiger partial charge in [0.1, 0.15) is 6.10 Å². The molecule has 1 aliphatic carbocycles. The molecule has 0 amide bonds. The third kappa shape index (κ3) is 4.50. The number of esters is 1. The predicted octanol–water partition coefficient (Wildman–Crippen LogP) is 3.61. The molecule has 1 rings (SSSR count). The molecule has 0 N–H and O–H groups in total. The number of hydrogen-bond acceptors (Lipinski definition) is 2. The maximum Gasteiger partial charge on any atom is 0.333 e. The van der Waals surface area contributed by atoms with E-state index >= 15 is 0 Å². The minimum Gasteiger partial charge on any atom is -0.459 e. The highest BCUT2D eigenvalue weighted by atomic mass is 16.5. The Bertz CT molecular complexity index is 223. The molecule has 0 unspecified atom stereocenters. The lowest BCUT2D eigenvalue weighted by atomic mass is 9.98. The number of rotatable bonds is 2. The first-order valence-corrected chi connectivity index (χ1v) is 6.08. The van der Waals surface area contributed by atoms with Crippen LogP contribution in [0.5, 0.6) is 0 Å². The summed E-state index contributed by atoms with van der Waals surface area (Å²) >= 11 is 0. The van der Waals surface area contributed by atoms with Gasteiger partial charge in [0.2, 0.25) is 0 Å². The van der Waals surface area contributed by atoms with Crippen molar-refractivity contribution in [2.24, 2.45) is 0 Å². The van der Waals surface area contributed by atoms with Crippen molar-refractivity contribution in [3.05, 3.63) is 11.6 Å². The van der Waals surface area contributed by atoms with Gasteiger partial charge in [0, 0.05) is 5.57 Å². The first kappa shape index (κ1) is 12.3. The highest BCUT2D eigenvalue weighted by Gasteiger charge is 2.16. The van der Waals surface area contributed by atoms with Crippen molar-refractivity contribution in [2.75, 3.05) is 0 Å². The molecule has 0 aromatic carbocycles. The Hall–Kier alpha value is -0.790. The molecular weight excluding hydrogens is 188 g/mol. The van der Waals surface area contributed by atoms with E-state index < -0.39 is 0 Å². The first-order valence-electron chi connectivity index (χ1n) is 6.08. The number of hydrogen-bond donors (Lipinski definition) is 0. The molecule has 0 atom stereocenters. The molecule has 1 saturated carbocycles. The van der Waals surface area contributed by atoms with Gasteiger partial charge < -0.3 is 4.74 Å². The first-order chi connectivity index (χ1) is 7.24. The molecule has 1 fully saturated rings. The zero-order chi connectivity index (χ0) is 11.1. The van der Waals surface area contributed by atoms with Gasteiger partial charge in [-0.3, -0.25) is 0 Å². The van der Waals surface area contributed by atoms with Gasteiger partial charge in [-0.25, -0.2) is 4.79 Å². The third-order valence-corrected chi connectivity index (χ3v) is 3.08. The number of ether oxygens (including phenoxy) is 1. The van der Waals surface area contributed by atoms with Crippen LogP contribution in [0.4, 0.5) is 0 Å². The van der Waals surface area contributed by atoms with Crippen molar-refractivity contribution < 1.29 is 9.53 Å². The largest absolute Gasteiger partial charge is 0.459 e. The van der Waals surface area contributed by atoms with Crippen LogP contribution in [0.25, 0.3) is 0 Å². The molecule has 15 heavy (non-hydrogen) atoms. The molecule has 0 heterocycles. The molecule has 86 valence electrons. The molecule has 0 bridgehead atoms. The fourth-order valence-electron chi connectivity index (χ4n) is 1.90. The minimum atomic E-state index is -0.136. The third-order valence-electron chi connectivity index (χ3n) is 3.08. The summed E-state index contributed by atoms with van der Waals surface area (Å²) in [5.74, 6) is -0.136. The highest BCUT2D eigenvalue weighted by Crippen LogP contribution is 2.20. The smallest absolute Gasteiger partial charge is 0.333 e. The standard InChI is InChI=1S/C13H22O2/c1-3-11(2)13(14)15-12-9-7-5-4-6-8-10-12/h3,12H,4-10H2,1-2H3/b11-3+. The van der Waals surface area contributed by atoms with Gasteiger partial charge in [0.05, 0.1) is 0 Å². The molecule has 0 aromatic rings. The number of carbonyl (C=O) groups excluding carboxylic acids is 1. The Labute approximate surface area is 92.7 Å². The molecule has 0 spiro atoms. The van der Waals surface area contributed by atoms with Gasteiger partial charge in [0.25, 0.3) is 0 Å². The van der Waals surface area contributed by atoms with Crippen LogP contribution in [0.1, 0.15) is 58.8 Å². The highest BCUT2D eigenvalue weighted by molar-refractivity contribution is 5.87. The van der Waals surface area contributed by atoms with Crippen molar-refractivity contribution in [3.63, 3.8) is 0 Å². The summed E-state index contributed by atoms with van der Waals surface area (Å²) in [6.07, 6.45) is 10.4. The molecule has 0 aromatic heterocycles.